The van der Waals surface area contributed by atoms with Crippen LogP contribution in [0.15, 0.2) is 47.4 Å². The van der Waals surface area contributed by atoms with E-state index < -0.39 is 23.5 Å². The number of hydrogen-bond donors (Lipinski definition) is 0. The van der Waals surface area contributed by atoms with Gasteiger partial charge in [0.05, 0.1) is 12.5 Å². The van der Waals surface area contributed by atoms with Gasteiger partial charge in [-0.2, -0.15) is 0 Å². The van der Waals surface area contributed by atoms with Crippen molar-refractivity contribution in [2.45, 2.75) is 37.2 Å². The summed E-state index contributed by atoms with van der Waals surface area (Å²) in [5.41, 5.74) is 1.24. The summed E-state index contributed by atoms with van der Waals surface area (Å²) in [5, 5.41) is 0. The van der Waals surface area contributed by atoms with Gasteiger partial charge in [-0.25, -0.2) is 8.78 Å². The molecule has 5 heteroatoms. The maximum Gasteiger partial charge on any atom is 0.306 e. The number of carbonyl (C=O) groups is 1. The van der Waals surface area contributed by atoms with Gasteiger partial charge in [0, 0.05) is 16.9 Å². The Morgan fingerprint density at radius 1 is 1.04 bits per heavy atom. The number of benzene rings is 2. The lowest BCUT2D eigenvalue weighted by molar-refractivity contribution is -0.147. The third-order valence-electron chi connectivity index (χ3n) is 3.54. The fourth-order valence-corrected chi connectivity index (χ4v) is 2.93. The fraction of sp³-hybridized carbons (Fsp3) is 0.316. The van der Waals surface area contributed by atoms with Crippen molar-refractivity contribution in [1.82, 2.24) is 0 Å². The predicted octanol–water partition coefficient (Wildman–Crippen LogP) is 5.16. The van der Waals surface area contributed by atoms with E-state index in [4.69, 9.17) is 4.74 Å². The van der Waals surface area contributed by atoms with Gasteiger partial charge in [-0.15, -0.1) is 11.8 Å². The third kappa shape index (κ3) is 5.06. The third-order valence-corrected chi connectivity index (χ3v) is 4.29. The predicted molar refractivity (Wildman–Crippen MR) is 92.3 cm³/mol. The van der Waals surface area contributed by atoms with E-state index in [9.17, 15) is 13.6 Å². The number of rotatable bonds is 6. The first kappa shape index (κ1) is 18.5. The molecule has 24 heavy (non-hydrogen) atoms. The molecule has 2 aromatic rings. The molecule has 0 aliphatic heterocycles. The number of esters is 1. The molecule has 0 saturated carbocycles. The van der Waals surface area contributed by atoms with E-state index in [1.807, 2.05) is 30.5 Å². The van der Waals surface area contributed by atoms with Crippen LogP contribution in [0.4, 0.5) is 8.78 Å². The zero-order chi connectivity index (χ0) is 17.7. The van der Waals surface area contributed by atoms with Gasteiger partial charge in [-0.3, -0.25) is 4.79 Å². The van der Waals surface area contributed by atoms with Crippen LogP contribution in [0.25, 0.3) is 0 Å². The fourth-order valence-electron chi connectivity index (χ4n) is 2.52. The second kappa shape index (κ2) is 8.29. The normalized spacial score (nSPS) is 12.2. The molecule has 0 spiro atoms. The Balaban J connectivity index is 2.37. The van der Waals surface area contributed by atoms with Crippen LogP contribution in [0, 0.1) is 11.6 Å². The van der Waals surface area contributed by atoms with Crippen molar-refractivity contribution in [1.29, 1.82) is 0 Å². The first-order chi connectivity index (χ1) is 11.4. The molecule has 0 heterocycles. The van der Waals surface area contributed by atoms with Crippen LogP contribution >= 0.6 is 11.8 Å². The lowest BCUT2D eigenvalue weighted by Crippen LogP contribution is -2.16. The minimum Gasteiger partial charge on any atom is -0.463 e. The minimum atomic E-state index is -0.659. The molecule has 0 saturated heterocycles. The van der Waals surface area contributed by atoms with Gasteiger partial charge in [-0.1, -0.05) is 12.1 Å². The quantitative estimate of drug-likeness (QED) is 0.532. The second-order valence-electron chi connectivity index (χ2n) is 5.77. The molecule has 0 unspecified atom stereocenters. The van der Waals surface area contributed by atoms with Gasteiger partial charge in [0.15, 0.2) is 0 Å². The second-order valence-corrected chi connectivity index (χ2v) is 6.65. The van der Waals surface area contributed by atoms with E-state index in [-0.39, 0.29) is 12.5 Å². The van der Waals surface area contributed by atoms with Crippen LogP contribution in [0.3, 0.4) is 0 Å². The molecule has 0 radical (unpaired) electrons. The van der Waals surface area contributed by atoms with Crippen LogP contribution in [0.2, 0.25) is 0 Å². The lowest BCUT2D eigenvalue weighted by atomic mass is 9.88. The maximum absolute atomic E-state index is 13.6. The summed E-state index contributed by atoms with van der Waals surface area (Å²) < 4.78 is 32.4. The van der Waals surface area contributed by atoms with Gasteiger partial charge in [-0.05, 0) is 55.5 Å². The summed E-state index contributed by atoms with van der Waals surface area (Å²) in [5.74, 6) is -2.17. The van der Waals surface area contributed by atoms with E-state index in [0.717, 1.165) is 16.5 Å². The zero-order valence-electron chi connectivity index (χ0n) is 13.9. The average Bonchev–Trinajstić information content (AvgIpc) is 2.51. The zero-order valence-corrected chi connectivity index (χ0v) is 14.7. The molecule has 0 aliphatic rings. The van der Waals surface area contributed by atoms with Gasteiger partial charge < -0.3 is 4.74 Å². The number of ether oxygens (including phenoxy) is 1. The van der Waals surface area contributed by atoms with Gasteiger partial charge in [0.25, 0.3) is 0 Å². The first-order valence-electron chi connectivity index (χ1n) is 7.68. The summed E-state index contributed by atoms with van der Waals surface area (Å²) in [6.07, 6.45) is 1.76. The molecule has 1 atom stereocenters. The highest BCUT2D eigenvalue weighted by molar-refractivity contribution is 7.98. The first-order valence-corrected chi connectivity index (χ1v) is 8.91. The van der Waals surface area contributed by atoms with Crippen molar-refractivity contribution in [3.8, 4) is 0 Å². The molecule has 2 rings (SSSR count). The summed E-state index contributed by atoms with van der Waals surface area (Å²) in [4.78, 5) is 13.2. The van der Waals surface area contributed by atoms with Crippen LogP contribution in [0.1, 0.15) is 37.3 Å². The molecule has 0 aromatic heterocycles. The SMILES string of the molecule is CSc1ccc([C@@H](CC(=O)OC(C)C)c2cc(F)cc(F)c2)cc1. The Hall–Kier alpha value is -1.88. The van der Waals surface area contributed by atoms with E-state index in [2.05, 4.69) is 0 Å². The van der Waals surface area contributed by atoms with Crippen molar-refractivity contribution >= 4 is 17.7 Å². The van der Waals surface area contributed by atoms with E-state index >= 15 is 0 Å². The molecule has 0 fully saturated rings. The molecule has 2 nitrogen and oxygen atoms in total. The summed E-state index contributed by atoms with van der Waals surface area (Å²) in [7, 11) is 0. The average molecular weight is 350 g/mol. The molecule has 0 amide bonds. The van der Waals surface area contributed by atoms with Crippen LogP contribution in [0.5, 0.6) is 0 Å². The Morgan fingerprint density at radius 3 is 2.12 bits per heavy atom. The van der Waals surface area contributed by atoms with Crippen molar-refractivity contribution < 1.29 is 18.3 Å². The van der Waals surface area contributed by atoms with Crippen LogP contribution in [-0.2, 0) is 9.53 Å². The Morgan fingerprint density at radius 2 is 1.62 bits per heavy atom. The molecule has 0 aliphatic carbocycles. The van der Waals surface area contributed by atoms with Crippen molar-refractivity contribution in [3.63, 3.8) is 0 Å². The highest BCUT2D eigenvalue weighted by Gasteiger charge is 2.21. The van der Waals surface area contributed by atoms with Gasteiger partial charge in [0.2, 0.25) is 0 Å². The van der Waals surface area contributed by atoms with Gasteiger partial charge in [0.1, 0.15) is 11.6 Å². The molecular formula is C19H20F2O2S. The topological polar surface area (TPSA) is 26.3 Å². The number of thioether (sulfide) groups is 1. The molecule has 0 bridgehead atoms. The molecule has 2 aromatic carbocycles. The van der Waals surface area contributed by atoms with Crippen LogP contribution < -0.4 is 0 Å². The summed E-state index contributed by atoms with van der Waals surface area (Å²) in [6.45, 7) is 3.53. The van der Waals surface area contributed by atoms with Crippen LogP contribution in [-0.4, -0.2) is 18.3 Å². The molecule has 0 N–H and O–H groups in total. The largest absolute Gasteiger partial charge is 0.463 e. The Bertz CT molecular complexity index is 679. The van der Waals surface area contributed by atoms with E-state index in [1.54, 1.807) is 25.6 Å². The number of halogens is 2. The van der Waals surface area contributed by atoms with E-state index in [1.165, 1.54) is 12.1 Å². The van der Waals surface area contributed by atoms with Crippen molar-refractivity contribution in [2.24, 2.45) is 0 Å². The highest BCUT2D eigenvalue weighted by atomic mass is 32.2. The number of carbonyl (C=O) groups excluding carboxylic acids is 1. The Kier molecular flexibility index (Phi) is 6.37. The Labute approximate surface area is 145 Å². The standard InChI is InChI=1S/C19H20F2O2S/c1-12(2)23-19(22)11-18(13-4-6-17(24-3)7-5-13)14-8-15(20)10-16(21)9-14/h4-10,12,18H,11H2,1-3H3/t18-/m1/s1. The molecule has 128 valence electrons. The molecular weight excluding hydrogens is 330 g/mol. The van der Waals surface area contributed by atoms with Crippen molar-refractivity contribution in [3.05, 3.63) is 65.2 Å². The summed E-state index contributed by atoms with van der Waals surface area (Å²) in [6, 6.07) is 11.0. The van der Waals surface area contributed by atoms with E-state index in [0.29, 0.717) is 5.56 Å². The van der Waals surface area contributed by atoms with Gasteiger partial charge >= 0.3 is 5.97 Å². The maximum atomic E-state index is 13.6. The number of hydrogen-bond acceptors (Lipinski definition) is 3. The summed E-state index contributed by atoms with van der Waals surface area (Å²) >= 11 is 1.60. The smallest absolute Gasteiger partial charge is 0.306 e. The highest BCUT2D eigenvalue weighted by Crippen LogP contribution is 2.31. The monoisotopic (exact) mass is 350 g/mol. The minimum absolute atomic E-state index is 0.0275. The lowest BCUT2D eigenvalue weighted by Gasteiger charge is -2.19. The van der Waals surface area contributed by atoms with Crippen molar-refractivity contribution in [2.75, 3.05) is 6.26 Å².